The van der Waals surface area contributed by atoms with E-state index in [1.54, 1.807) is 59.4 Å². The van der Waals surface area contributed by atoms with E-state index < -0.39 is 30.4 Å². The molecule has 3 aliphatic rings. The second kappa shape index (κ2) is 15.7. The SMILES string of the molecule is C=C(C(=O)CCc1cn(C2OC(COC(=O)c3ccccc3)[C@@H](C)[C@H](C)[C@@H]2OC(=O)c2ccccc2)nn1)[C@@H]1CC[C@@H](C)[C@@H]2CCC(C)=C[C@@H]21. The summed E-state index contributed by atoms with van der Waals surface area (Å²) in [5.74, 6) is 0.693. The Hall–Kier alpha value is -4.37. The van der Waals surface area contributed by atoms with Crippen LogP contribution in [0.2, 0.25) is 0 Å². The Morgan fingerprint density at radius 3 is 2.30 bits per heavy atom. The van der Waals surface area contributed by atoms with Crippen LogP contribution in [0.5, 0.6) is 0 Å². The molecule has 2 unspecified atom stereocenters. The van der Waals surface area contributed by atoms with Crippen LogP contribution in [-0.2, 0) is 25.4 Å². The molecule has 0 spiro atoms. The first-order valence-electron chi connectivity index (χ1n) is 18.0. The molecule has 1 aromatic heterocycles. The summed E-state index contributed by atoms with van der Waals surface area (Å²) in [4.78, 5) is 39.5. The molecule has 1 aliphatic heterocycles. The number of hydrogen-bond acceptors (Lipinski definition) is 8. The third kappa shape index (κ3) is 7.83. The monoisotopic (exact) mass is 679 g/mol. The van der Waals surface area contributed by atoms with Gasteiger partial charge in [0.25, 0.3) is 0 Å². The lowest BCUT2D eigenvalue weighted by atomic mass is 9.61. The largest absolute Gasteiger partial charge is 0.459 e. The lowest BCUT2D eigenvalue weighted by Gasteiger charge is -2.44. The van der Waals surface area contributed by atoms with Gasteiger partial charge in [0.15, 0.2) is 18.1 Å². The summed E-state index contributed by atoms with van der Waals surface area (Å²) in [6.45, 7) is 12.9. The Morgan fingerprint density at radius 1 is 0.920 bits per heavy atom. The number of rotatable bonds is 11. The van der Waals surface area contributed by atoms with E-state index >= 15 is 0 Å². The van der Waals surface area contributed by atoms with Crippen molar-refractivity contribution in [1.29, 1.82) is 0 Å². The molecule has 9 nitrogen and oxygen atoms in total. The third-order valence-electron chi connectivity index (χ3n) is 11.4. The van der Waals surface area contributed by atoms with Gasteiger partial charge in [0.2, 0.25) is 0 Å². The Bertz CT molecular complexity index is 1700. The lowest BCUT2D eigenvalue weighted by Crippen LogP contribution is -2.50. The molecule has 0 bridgehead atoms. The topological polar surface area (TPSA) is 110 Å². The van der Waals surface area contributed by atoms with Crippen molar-refractivity contribution < 1.29 is 28.6 Å². The molecule has 9 heteroatoms. The first-order valence-corrected chi connectivity index (χ1v) is 18.0. The second-order valence-corrected chi connectivity index (χ2v) is 14.6. The number of benzene rings is 2. The fourth-order valence-corrected chi connectivity index (χ4v) is 8.05. The molecule has 0 N–H and O–H groups in total. The van der Waals surface area contributed by atoms with Crippen LogP contribution in [0.4, 0.5) is 0 Å². The van der Waals surface area contributed by atoms with Crippen LogP contribution >= 0.6 is 0 Å². The number of hydrogen-bond donors (Lipinski definition) is 0. The normalized spacial score (nSPS) is 29.3. The van der Waals surface area contributed by atoms with Crippen LogP contribution in [0, 0.1) is 35.5 Å². The summed E-state index contributed by atoms with van der Waals surface area (Å²) in [6.07, 6.45) is 7.26. The van der Waals surface area contributed by atoms with E-state index in [-0.39, 0.29) is 36.6 Å². The molecule has 3 aromatic rings. The molecule has 2 fully saturated rings. The van der Waals surface area contributed by atoms with Crippen LogP contribution < -0.4 is 0 Å². The first-order chi connectivity index (χ1) is 24.1. The summed E-state index contributed by atoms with van der Waals surface area (Å²) in [5, 5.41) is 8.78. The highest BCUT2D eigenvalue weighted by Crippen LogP contribution is 2.48. The summed E-state index contributed by atoms with van der Waals surface area (Å²) in [7, 11) is 0. The molecule has 264 valence electrons. The van der Waals surface area contributed by atoms with Crippen LogP contribution in [0.3, 0.4) is 0 Å². The highest BCUT2D eigenvalue weighted by atomic mass is 16.6. The van der Waals surface area contributed by atoms with E-state index in [0.717, 1.165) is 24.8 Å². The molecule has 50 heavy (non-hydrogen) atoms. The van der Waals surface area contributed by atoms with E-state index in [1.807, 2.05) is 26.0 Å². The minimum Gasteiger partial charge on any atom is -0.459 e. The number of aromatic nitrogens is 3. The number of nitrogens with zero attached hydrogens (tertiary/aromatic N) is 3. The highest BCUT2D eigenvalue weighted by Gasteiger charge is 2.46. The molecule has 2 aromatic carbocycles. The number of ketones is 1. The van der Waals surface area contributed by atoms with Gasteiger partial charge >= 0.3 is 11.9 Å². The molecule has 0 radical (unpaired) electrons. The van der Waals surface area contributed by atoms with E-state index in [1.165, 1.54) is 12.0 Å². The van der Waals surface area contributed by atoms with Gasteiger partial charge in [-0.1, -0.05) is 80.6 Å². The average Bonchev–Trinajstić information content (AvgIpc) is 3.61. The molecule has 2 heterocycles. The maximum atomic E-state index is 13.5. The van der Waals surface area contributed by atoms with Crippen molar-refractivity contribution in [1.82, 2.24) is 15.0 Å². The fourth-order valence-electron chi connectivity index (χ4n) is 8.05. The molecule has 2 aliphatic carbocycles. The van der Waals surface area contributed by atoms with Crippen LogP contribution in [0.15, 0.2) is 90.7 Å². The van der Waals surface area contributed by atoms with Crippen molar-refractivity contribution in [2.24, 2.45) is 35.5 Å². The van der Waals surface area contributed by atoms with Gasteiger partial charge < -0.3 is 14.2 Å². The first kappa shape index (κ1) is 35.5. The number of carbonyl (C=O) groups is 3. The minimum absolute atomic E-state index is 0.0176. The molecule has 9 atom stereocenters. The number of fused-ring (bicyclic) bond motifs is 1. The summed E-state index contributed by atoms with van der Waals surface area (Å²) < 4.78 is 19.9. The van der Waals surface area contributed by atoms with Gasteiger partial charge in [-0.3, -0.25) is 4.79 Å². The predicted octanol–water partition coefficient (Wildman–Crippen LogP) is 7.61. The zero-order valence-corrected chi connectivity index (χ0v) is 29.6. The van der Waals surface area contributed by atoms with Crippen LogP contribution in [0.25, 0.3) is 0 Å². The number of Topliss-reactive ketones (excluding diaryl/α,β-unsaturated/α-hetero) is 1. The van der Waals surface area contributed by atoms with Gasteiger partial charge in [-0.25, -0.2) is 14.3 Å². The van der Waals surface area contributed by atoms with Gasteiger partial charge in [0.1, 0.15) is 6.61 Å². The van der Waals surface area contributed by atoms with Gasteiger partial charge in [0.05, 0.1) is 29.1 Å². The van der Waals surface area contributed by atoms with E-state index in [2.05, 4.69) is 36.8 Å². The van der Waals surface area contributed by atoms with Crippen LogP contribution in [-0.4, -0.2) is 51.5 Å². The Kier molecular flexibility index (Phi) is 11.1. The van der Waals surface area contributed by atoms with Gasteiger partial charge in [0, 0.05) is 18.8 Å². The van der Waals surface area contributed by atoms with E-state index in [9.17, 15) is 14.4 Å². The maximum absolute atomic E-state index is 13.5. The number of aryl methyl sites for hydroxylation is 1. The molecular formula is C41H49N3O6. The Morgan fingerprint density at radius 2 is 1.60 bits per heavy atom. The zero-order valence-electron chi connectivity index (χ0n) is 29.6. The smallest absolute Gasteiger partial charge is 0.338 e. The molecule has 1 saturated carbocycles. The van der Waals surface area contributed by atoms with Crippen molar-refractivity contribution in [2.75, 3.05) is 6.61 Å². The predicted molar refractivity (Wildman–Crippen MR) is 189 cm³/mol. The maximum Gasteiger partial charge on any atom is 0.338 e. The van der Waals surface area contributed by atoms with E-state index in [4.69, 9.17) is 14.2 Å². The van der Waals surface area contributed by atoms with Crippen molar-refractivity contribution in [2.45, 2.75) is 84.7 Å². The lowest BCUT2D eigenvalue weighted by molar-refractivity contribution is -0.212. The van der Waals surface area contributed by atoms with Gasteiger partial charge in [-0.05, 0) is 92.0 Å². The number of allylic oxidation sites excluding steroid dienone is 3. The highest BCUT2D eigenvalue weighted by molar-refractivity contribution is 5.95. The average molecular weight is 680 g/mol. The van der Waals surface area contributed by atoms with Crippen molar-refractivity contribution in [3.05, 3.63) is 107 Å². The second-order valence-electron chi connectivity index (χ2n) is 14.6. The number of esters is 2. The summed E-state index contributed by atoms with van der Waals surface area (Å²) in [6, 6.07) is 17.6. The summed E-state index contributed by atoms with van der Waals surface area (Å²) in [5.41, 5.74) is 3.66. The van der Waals surface area contributed by atoms with Gasteiger partial charge in [-0.2, -0.15) is 0 Å². The van der Waals surface area contributed by atoms with Crippen molar-refractivity contribution in [3.8, 4) is 0 Å². The molecule has 1 saturated heterocycles. The molecular weight excluding hydrogens is 630 g/mol. The van der Waals surface area contributed by atoms with Gasteiger partial charge in [-0.15, -0.1) is 5.10 Å². The quantitative estimate of drug-likeness (QED) is 0.116. The zero-order chi connectivity index (χ0) is 35.4. The summed E-state index contributed by atoms with van der Waals surface area (Å²) >= 11 is 0. The number of carbonyl (C=O) groups excluding carboxylic acids is 3. The third-order valence-corrected chi connectivity index (χ3v) is 11.4. The molecule has 0 amide bonds. The Balaban J connectivity index is 1.15. The van der Waals surface area contributed by atoms with Crippen molar-refractivity contribution in [3.63, 3.8) is 0 Å². The Labute approximate surface area is 295 Å². The van der Waals surface area contributed by atoms with Crippen molar-refractivity contribution >= 4 is 17.7 Å². The molecule has 6 rings (SSSR count). The minimum atomic E-state index is -0.830. The van der Waals surface area contributed by atoms with Crippen LogP contribution in [0.1, 0.15) is 92.4 Å². The number of ether oxygens (including phenoxy) is 3. The standard InChI is InChI=1S/C41H49N3O6/c1-25-16-19-33-26(2)17-20-34(35(33)22-25)29(5)36(45)21-18-32-23-44(43-42-32)39-38(50-41(47)31-14-10-7-11-15-31)28(4)27(3)37(49-39)24-48-40(46)30-12-8-6-9-13-30/h6-15,22-23,26-28,33-35,37-39H,5,16-21,24H2,1-4H3/t26-,27+,28+,33+,34+,35+,37?,38+,39?/m1/s1. The van der Waals surface area contributed by atoms with E-state index in [0.29, 0.717) is 41.0 Å². The fraction of sp³-hybridized carbons (Fsp3) is 0.488.